The molecule has 0 aliphatic heterocycles. The first-order valence-electron chi connectivity index (χ1n) is 12.0. The van der Waals surface area contributed by atoms with Gasteiger partial charge in [-0.2, -0.15) is 3.71 Å². The van der Waals surface area contributed by atoms with Gasteiger partial charge < -0.3 is 26.2 Å². The molecule has 1 heterocycles. The molecule has 0 spiro atoms. The van der Waals surface area contributed by atoms with Crippen molar-refractivity contribution in [2.45, 2.75) is 23.3 Å². The third-order valence-electron chi connectivity index (χ3n) is 5.68. The number of nitro benzene ring substituents is 2. The third kappa shape index (κ3) is 7.25. The highest BCUT2D eigenvalue weighted by Gasteiger charge is 2.39. The SMILES string of the molecule is Cc1ccc(N(S(=O)(=O)c2ccc([N+](=O)[O-])cc2)S(=O)(=O)c2ccc([N+](=O)[O-])cc2)c(=O)n1CC(=O)NCCON=C(N)N. The van der Waals surface area contributed by atoms with E-state index in [1.807, 2.05) is 0 Å². The average Bonchev–Trinajstić information content (AvgIpc) is 2.96. The molecule has 0 aliphatic carbocycles. The minimum Gasteiger partial charge on any atom is -0.391 e. The van der Waals surface area contributed by atoms with E-state index in [0.717, 1.165) is 59.2 Å². The number of guanidine groups is 1. The molecule has 0 unspecified atom stereocenters. The lowest BCUT2D eigenvalue weighted by Gasteiger charge is -2.24. The van der Waals surface area contributed by atoms with Crippen LogP contribution in [-0.2, 0) is 36.2 Å². The number of aromatic nitrogens is 1. The summed E-state index contributed by atoms with van der Waals surface area (Å²) < 4.78 is 55.9. The second-order valence-corrected chi connectivity index (χ2v) is 12.5. The number of nitrogens with one attached hydrogen (secondary N) is 1. The number of sulfonamides is 2. The molecular formula is C23H24N8O11S2. The summed E-state index contributed by atoms with van der Waals surface area (Å²) in [4.78, 5) is 49.9. The fraction of sp³-hybridized carbons (Fsp3) is 0.174. The van der Waals surface area contributed by atoms with E-state index in [9.17, 15) is 46.7 Å². The van der Waals surface area contributed by atoms with Crippen LogP contribution in [-0.4, -0.2) is 56.3 Å². The number of benzene rings is 2. The third-order valence-corrected chi connectivity index (χ3v) is 9.86. The number of pyridine rings is 1. The van der Waals surface area contributed by atoms with Crippen LogP contribution in [0.4, 0.5) is 17.1 Å². The standard InChI is InChI=1S/C23H24N8O11S2/c1-15-2-11-20(22(33)28(15)14-21(32)26-12-13-42-27-23(24)25)31(43(38,39)18-7-3-16(4-8-18)29(34)35)44(40,41)19-9-5-17(6-10-19)30(36)37/h2-11H,12-14H2,1H3,(H,26,32)(H4,24,25,27). The minimum absolute atomic E-state index is 0.0989. The molecule has 1 aromatic heterocycles. The number of hydrogen-bond acceptors (Lipinski definition) is 12. The molecule has 3 aromatic rings. The minimum atomic E-state index is -5.21. The molecule has 0 aliphatic rings. The molecule has 1 amide bonds. The van der Waals surface area contributed by atoms with Gasteiger partial charge >= 0.3 is 0 Å². The van der Waals surface area contributed by atoms with Gasteiger partial charge in [-0.05, 0) is 48.5 Å². The first-order valence-corrected chi connectivity index (χ1v) is 14.9. The molecule has 0 bridgehead atoms. The van der Waals surface area contributed by atoms with Crippen molar-refractivity contribution in [3.05, 3.63) is 96.9 Å². The molecule has 234 valence electrons. The van der Waals surface area contributed by atoms with Gasteiger partial charge in [0.2, 0.25) is 11.9 Å². The van der Waals surface area contributed by atoms with E-state index in [4.69, 9.17) is 16.3 Å². The van der Waals surface area contributed by atoms with Gasteiger partial charge in [-0.3, -0.25) is 29.8 Å². The van der Waals surface area contributed by atoms with Crippen LogP contribution in [0.2, 0.25) is 0 Å². The lowest BCUT2D eigenvalue weighted by atomic mass is 10.3. The van der Waals surface area contributed by atoms with E-state index in [-0.39, 0.29) is 28.5 Å². The fourth-order valence-corrected chi connectivity index (χ4v) is 7.30. The molecule has 0 radical (unpaired) electrons. The van der Waals surface area contributed by atoms with Gasteiger partial charge in [0.15, 0.2) is 0 Å². The first-order chi connectivity index (χ1) is 20.6. The monoisotopic (exact) mass is 652 g/mol. The van der Waals surface area contributed by atoms with Crippen molar-refractivity contribution in [2.24, 2.45) is 16.6 Å². The van der Waals surface area contributed by atoms with Gasteiger partial charge in [-0.15, -0.1) is 0 Å². The highest BCUT2D eigenvalue weighted by atomic mass is 32.3. The number of non-ortho nitro benzene ring substituents is 2. The maximum Gasteiger partial charge on any atom is 0.277 e. The van der Waals surface area contributed by atoms with Gasteiger partial charge in [0.1, 0.15) is 18.8 Å². The predicted octanol–water partition coefficient (Wildman–Crippen LogP) is -0.121. The predicted molar refractivity (Wildman–Crippen MR) is 153 cm³/mol. The van der Waals surface area contributed by atoms with E-state index in [2.05, 4.69) is 10.5 Å². The van der Waals surface area contributed by atoms with Crippen LogP contribution in [0.1, 0.15) is 5.69 Å². The number of nitrogens with two attached hydrogens (primary N) is 2. The molecule has 0 saturated heterocycles. The lowest BCUT2D eigenvalue weighted by molar-refractivity contribution is -0.385. The van der Waals surface area contributed by atoms with E-state index in [1.165, 1.54) is 13.0 Å². The largest absolute Gasteiger partial charge is 0.391 e. The second kappa shape index (κ2) is 13.2. The second-order valence-electron chi connectivity index (χ2n) is 8.66. The fourth-order valence-electron chi connectivity index (χ4n) is 3.61. The van der Waals surface area contributed by atoms with Gasteiger partial charge in [0.25, 0.3) is 37.0 Å². The van der Waals surface area contributed by atoms with E-state index >= 15 is 0 Å². The highest BCUT2D eigenvalue weighted by Crippen LogP contribution is 2.30. The summed E-state index contributed by atoms with van der Waals surface area (Å²) in [5, 5.41) is 27.8. The van der Waals surface area contributed by atoms with E-state index in [1.54, 1.807) is 0 Å². The maximum atomic E-state index is 13.8. The molecule has 21 heteroatoms. The summed E-state index contributed by atoms with van der Waals surface area (Å²) in [6.45, 7) is 0.481. The summed E-state index contributed by atoms with van der Waals surface area (Å²) >= 11 is 0. The topological polar surface area (TPSA) is 283 Å². The van der Waals surface area contributed by atoms with Crippen molar-refractivity contribution in [2.75, 3.05) is 16.9 Å². The molecule has 3 rings (SSSR count). The van der Waals surface area contributed by atoms with Crippen LogP contribution >= 0.6 is 0 Å². The Morgan fingerprint density at radius 2 is 1.39 bits per heavy atom. The summed E-state index contributed by atoms with van der Waals surface area (Å²) in [6, 6.07) is 8.46. The Hall–Kier alpha value is -5.57. The number of nitro groups is 2. The zero-order valence-corrected chi connectivity index (χ0v) is 24.2. The molecule has 5 N–H and O–H groups in total. The van der Waals surface area contributed by atoms with Crippen molar-refractivity contribution in [1.29, 1.82) is 0 Å². The molecule has 0 saturated carbocycles. The van der Waals surface area contributed by atoms with Crippen LogP contribution < -0.4 is 26.1 Å². The number of carbonyl (C=O) groups excluding carboxylic acids is 1. The van der Waals surface area contributed by atoms with Crippen LogP contribution in [0.25, 0.3) is 0 Å². The Balaban J connectivity index is 2.14. The number of aryl methyl sites for hydroxylation is 1. The summed E-state index contributed by atoms with van der Waals surface area (Å²) in [6.07, 6.45) is 0. The van der Waals surface area contributed by atoms with Crippen molar-refractivity contribution < 1.29 is 36.3 Å². The van der Waals surface area contributed by atoms with Crippen LogP contribution in [0.3, 0.4) is 0 Å². The van der Waals surface area contributed by atoms with Crippen LogP contribution in [0.5, 0.6) is 0 Å². The number of oxime groups is 1. The molecular weight excluding hydrogens is 628 g/mol. The van der Waals surface area contributed by atoms with Crippen LogP contribution in [0.15, 0.2) is 80.4 Å². The zero-order chi connectivity index (χ0) is 32.8. The number of anilines is 1. The Morgan fingerprint density at radius 1 is 0.909 bits per heavy atom. The van der Waals surface area contributed by atoms with E-state index < -0.39 is 74.8 Å². The van der Waals surface area contributed by atoms with Gasteiger partial charge in [0.05, 0.1) is 26.2 Å². The maximum absolute atomic E-state index is 13.8. The van der Waals surface area contributed by atoms with Gasteiger partial charge in [-0.25, -0.2) is 16.8 Å². The molecule has 2 aromatic carbocycles. The Bertz CT molecular complexity index is 1800. The zero-order valence-electron chi connectivity index (χ0n) is 22.6. The molecule has 44 heavy (non-hydrogen) atoms. The number of rotatable bonds is 13. The summed E-state index contributed by atoms with van der Waals surface area (Å²) in [5.41, 5.74) is 7.23. The van der Waals surface area contributed by atoms with Gasteiger partial charge in [-0.1, -0.05) is 0 Å². The van der Waals surface area contributed by atoms with Crippen molar-refractivity contribution in [1.82, 2.24) is 9.88 Å². The summed E-state index contributed by atoms with van der Waals surface area (Å²) in [5.74, 6) is -1.10. The Kier molecular flexibility index (Phi) is 9.85. The Morgan fingerprint density at radius 3 is 1.82 bits per heavy atom. The van der Waals surface area contributed by atoms with Crippen molar-refractivity contribution in [3.63, 3.8) is 0 Å². The van der Waals surface area contributed by atoms with Crippen molar-refractivity contribution >= 4 is 49.0 Å². The van der Waals surface area contributed by atoms with Crippen LogP contribution in [0, 0.1) is 27.2 Å². The summed E-state index contributed by atoms with van der Waals surface area (Å²) in [7, 11) is -10.4. The van der Waals surface area contributed by atoms with Crippen molar-refractivity contribution in [3.8, 4) is 0 Å². The number of hydrogen-bond donors (Lipinski definition) is 3. The lowest BCUT2D eigenvalue weighted by Crippen LogP contribution is -2.42. The normalized spacial score (nSPS) is 11.3. The van der Waals surface area contributed by atoms with Gasteiger partial charge in [0, 0.05) is 30.0 Å². The molecule has 0 fully saturated rings. The number of nitrogens with zero attached hydrogens (tertiary/aromatic N) is 5. The Labute approximate surface area is 248 Å². The highest BCUT2D eigenvalue weighted by molar-refractivity contribution is 8.10. The number of amides is 1. The van der Waals surface area contributed by atoms with E-state index in [0.29, 0.717) is 0 Å². The number of carbonyl (C=O) groups is 1. The smallest absolute Gasteiger partial charge is 0.277 e. The average molecular weight is 653 g/mol. The molecule has 0 atom stereocenters. The quantitative estimate of drug-likeness (QED) is 0.0714. The molecule has 19 nitrogen and oxygen atoms in total. The first kappa shape index (κ1) is 32.9.